The molecule has 0 fully saturated rings. The maximum atomic E-state index is 12.5. The number of hydrogen-bond donors (Lipinski definition) is 2. The Morgan fingerprint density at radius 1 is 1.17 bits per heavy atom. The zero-order valence-corrected chi connectivity index (χ0v) is 13.7. The summed E-state index contributed by atoms with van der Waals surface area (Å²) < 4.78 is 10.8. The van der Waals surface area contributed by atoms with Gasteiger partial charge in [-0.3, -0.25) is 0 Å². The first kappa shape index (κ1) is 15.9. The number of nitrogens with two attached hydrogens (primary N) is 2. The lowest BCUT2D eigenvalue weighted by Gasteiger charge is -2.28. The van der Waals surface area contributed by atoms with Crippen LogP contribution in [0.25, 0.3) is 0 Å². The highest BCUT2D eigenvalue weighted by atomic mass is 16.5. The molecule has 1 heterocycles. The molecular weight excluding hydrogens is 304 g/mol. The molecule has 0 bridgehead atoms. The molecule has 0 unspecified atom stereocenters. The molecule has 5 heteroatoms. The van der Waals surface area contributed by atoms with E-state index in [1.807, 2.05) is 37.3 Å². The Bertz CT molecular complexity index is 810. The van der Waals surface area contributed by atoms with E-state index in [9.17, 15) is 4.79 Å². The summed E-state index contributed by atoms with van der Waals surface area (Å²) in [5.41, 5.74) is 15.7. The summed E-state index contributed by atoms with van der Waals surface area (Å²) in [5, 5.41) is 0. The fourth-order valence-electron chi connectivity index (χ4n) is 2.88. The zero-order valence-electron chi connectivity index (χ0n) is 13.7. The van der Waals surface area contributed by atoms with Gasteiger partial charge in [0, 0.05) is 17.3 Å². The predicted octanol–water partition coefficient (Wildman–Crippen LogP) is 2.83. The van der Waals surface area contributed by atoms with Gasteiger partial charge in [-0.2, -0.15) is 0 Å². The highest BCUT2D eigenvalue weighted by Crippen LogP contribution is 2.43. The summed E-state index contributed by atoms with van der Waals surface area (Å²) in [6.07, 6.45) is 0. The number of nitrogen functional groups attached to an aromatic ring is 1. The fourth-order valence-corrected chi connectivity index (χ4v) is 2.88. The average Bonchev–Trinajstić information content (AvgIpc) is 2.54. The van der Waals surface area contributed by atoms with Gasteiger partial charge in [0.1, 0.15) is 11.3 Å². The Balaban J connectivity index is 2.18. The maximum absolute atomic E-state index is 12.5. The molecule has 24 heavy (non-hydrogen) atoms. The number of aryl methyl sites for hydroxylation is 1. The molecule has 3 rings (SSSR count). The molecule has 0 saturated heterocycles. The van der Waals surface area contributed by atoms with Gasteiger partial charge in [-0.25, -0.2) is 4.79 Å². The molecule has 1 aliphatic rings. The number of hydrogen-bond acceptors (Lipinski definition) is 5. The Kier molecular flexibility index (Phi) is 4.16. The second-order valence-electron chi connectivity index (χ2n) is 5.74. The monoisotopic (exact) mass is 324 g/mol. The molecule has 1 aliphatic heterocycles. The van der Waals surface area contributed by atoms with E-state index in [1.54, 1.807) is 19.1 Å². The third-order valence-electron chi connectivity index (χ3n) is 4.03. The number of rotatable bonds is 3. The Morgan fingerprint density at radius 3 is 2.54 bits per heavy atom. The highest BCUT2D eigenvalue weighted by molar-refractivity contribution is 5.92. The van der Waals surface area contributed by atoms with Crippen molar-refractivity contribution in [1.29, 1.82) is 0 Å². The van der Waals surface area contributed by atoms with Crippen LogP contribution in [0.1, 0.15) is 29.5 Å². The van der Waals surface area contributed by atoms with Crippen molar-refractivity contribution in [3.63, 3.8) is 0 Å². The van der Waals surface area contributed by atoms with E-state index < -0.39 is 5.97 Å². The van der Waals surface area contributed by atoms with E-state index >= 15 is 0 Å². The molecule has 0 radical (unpaired) electrons. The standard InChI is InChI=1S/C19H20N2O3/c1-3-23-19(22)17-16(12-6-4-11(2)5-7-12)14-9-8-13(20)10-15(14)24-18(17)21/h4-10,16H,3,20-21H2,1-2H3/t16-/m0/s1. The van der Waals surface area contributed by atoms with Crippen LogP contribution in [0.5, 0.6) is 5.75 Å². The molecule has 0 amide bonds. The van der Waals surface area contributed by atoms with Crippen LogP contribution < -0.4 is 16.2 Å². The lowest BCUT2D eigenvalue weighted by molar-refractivity contribution is -0.139. The summed E-state index contributed by atoms with van der Waals surface area (Å²) in [6, 6.07) is 13.3. The van der Waals surface area contributed by atoms with Crippen LogP contribution in [0.3, 0.4) is 0 Å². The second kappa shape index (κ2) is 6.28. The fraction of sp³-hybridized carbons (Fsp3) is 0.211. The number of ether oxygens (including phenoxy) is 2. The molecule has 4 N–H and O–H groups in total. The van der Waals surface area contributed by atoms with Crippen LogP contribution in [0, 0.1) is 6.92 Å². The predicted molar refractivity (Wildman–Crippen MR) is 92.4 cm³/mol. The highest BCUT2D eigenvalue weighted by Gasteiger charge is 2.35. The van der Waals surface area contributed by atoms with Crippen LogP contribution >= 0.6 is 0 Å². The zero-order chi connectivity index (χ0) is 17.3. The minimum Gasteiger partial charge on any atom is -0.462 e. The van der Waals surface area contributed by atoms with Gasteiger partial charge in [-0.05, 0) is 25.5 Å². The van der Waals surface area contributed by atoms with Crippen molar-refractivity contribution in [1.82, 2.24) is 0 Å². The third-order valence-corrected chi connectivity index (χ3v) is 4.03. The summed E-state index contributed by atoms with van der Waals surface area (Å²) in [5.74, 6) is -0.208. The average molecular weight is 324 g/mol. The Labute approximate surface area is 140 Å². The lowest BCUT2D eigenvalue weighted by atomic mass is 9.82. The number of esters is 1. The van der Waals surface area contributed by atoms with Crippen molar-refractivity contribution >= 4 is 11.7 Å². The van der Waals surface area contributed by atoms with Crippen molar-refractivity contribution in [3.05, 3.63) is 70.6 Å². The molecule has 1 atom stereocenters. The molecule has 2 aromatic carbocycles. The number of carbonyl (C=O) groups excluding carboxylic acids is 1. The number of fused-ring (bicyclic) bond motifs is 1. The van der Waals surface area contributed by atoms with E-state index in [0.29, 0.717) is 17.0 Å². The first-order chi connectivity index (χ1) is 11.5. The van der Waals surface area contributed by atoms with Gasteiger partial charge >= 0.3 is 5.97 Å². The summed E-state index contributed by atoms with van der Waals surface area (Å²) in [4.78, 5) is 12.5. The van der Waals surface area contributed by atoms with Crippen LogP contribution in [-0.4, -0.2) is 12.6 Å². The van der Waals surface area contributed by atoms with E-state index in [2.05, 4.69) is 0 Å². The molecular formula is C19H20N2O3. The molecule has 0 aliphatic carbocycles. The van der Waals surface area contributed by atoms with Crippen molar-refractivity contribution in [2.24, 2.45) is 5.73 Å². The summed E-state index contributed by atoms with van der Waals surface area (Å²) in [6.45, 7) is 4.04. The Morgan fingerprint density at radius 2 is 1.88 bits per heavy atom. The number of carbonyl (C=O) groups is 1. The minimum atomic E-state index is -0.469. The molecule has 124 valence electrons. The third kappa shape index (κ3) is 2.80. The maximum Gasteiger partial charge on any atom is 0.340 e. The first-order valence-corrected chi connectivity index (χ1v) is 7.82. The quantitative estimate of drug-likeness (QED) is 0.669. The van der Waals surface area contributed by atoms with Gasteiger partial charge in [0.25, 0.3) is 0 Å². The molecule has 2 aromatic rings. The van der Waals surface area contributed by atoms with Gasteiger partial charge in [0.2, 0.25) is 5.88 Å². The van der Waals surface area contributed by atoms with Gasteiger partial charge in [-0.15, -0.1) is 0 Å². The second-order valence-corrected chi connectivity index (χ2v) is 5.74. The van der Waals surface area contributed by atoms with Gasteiger partial charge in [0.05, 0.1) is 12.5 Å². The van der Waals surface area contributed by atoms with Gasteiger partial charge in [-0.1, -0.05) is 35.9 Å². The smallest absolute Gasteiger partial charge is 0.340 e. The normalized spacial score (nSPS) is 16.3. The van der Waals surface area contributed by atoms with Crippen LogP contribution in [0.2, 0.25) is 0 Å². The van der Waals surface area contributed by atoms with Crippen LogP contribution in [0.4, 0.5) is 5.69 Å². The molecule has 0 aromatic heterocycles. The van der Waals surface area contributed by atoms with E-state index in [-0.39, 0.29) is 18.4 Å². The van der Waals surface area contributed by atoms with E-state index in [1.165, 1.54) is 0 Å². The van der Waals surface area contributed by atoms with Gasteiger partial charge in [0.15, 0.2) is 0 Å². The molecule has 0 saturated carbocycles. The van der Waals surface area contributed by atoms with Crippen LogP contribution in [-0.2, 0) is 9.53 Å². The van der Waals surface area contributed by atoms with E-state index in [4.69, 9.17) is 20.9 Å². The van der Waals surface area contributed by atoms with E-state index in [0.717, 1.165) is 16.7 Å². The largest absolute Gasteiger partial charge is 0.462 e. The molecule has 5 nitrogen and oxygen atoms in total. The van der Waals surface area contributed by atoms with Crippen LogP contribution in [0.15, 0.2) is 53.9 Å². The van der Waals surface area contributed by atoms with Gasteiger partial charge < -0.3 is 20.9 Å². The lowest BCUT2D eigenvalue weighted by Crippen LogP contribution is -2.27. The first-order valence-electron chi connectivity index (χ1n) is 7.82. The summed E-state index contributed by atoms with van der Waals surface area (Å²) >= 11 is 0. The Hall–Kier alpha value is -2.95. The number of benzene rings is 2. The van der Waals surface area contributed by atoms with Crippen molar-refractivity contribution < 1.29 is 14.3 Å². The van der Waals surface area contributed by atoms with Crippen molar-refractivity contribution in [3.8, 4) is 5.75 Å². The molecule has 0 spiro atoms. The summed E-state index contributed by atoms with van der Waals surface area (Å²) in [7, 11) is 0. The van der Waals surface area contributed by atoms with Crippen molar-refractivity contribution in [2.75, 3.05) is 12.3 Å². The van der Waals surface area contributed by atoms with Crippen molar-refractivity contribution in [2.45, 2.75) is 19.8 Å². The minimum absolute atomic E-state index is 0.0529. The number of anilines is 1. The topological polar surface area (TPSA) is 87.6 Å². The SMILES string of the molecule is CCOC(=O)C1=C(N)Oc2cc(N)ccc2[C@@H]1c1ccc(C)cc1.